The Balaban J connectivity index is 1.91. The van der Waals surface area contributed by atoms with Crippen molar-refractivity contribution in [1.82, 2.24) is 0 Å². The molecule has 0 spiro atoms. The van der Waals surface area contributed by atoms with Gasteiger partial charge in [-0.05, 0) is 12.3 Å². The second kappa shape index (κ2) is 12.0. The zero-order valence-electron chi connectivity index (χ0n) is 13.6. The maximum absolute atomic E-state index is 4.29. The molecule has 0 aromatic rings. The van der Waals surface area contributed by atoms with Gasteiger partial charge in [-0.15, -0.1) is 0 Å². The molecule has 0 saturated carbocycles. The molecule has 1 rings (SSSR count). The van der Waals surface area contributed by atoms with Crippen molar-refractivity contribution in [1.29, 1.82) is 0 Å². The van der Waals surface area contributed by atoms with Crippen LogP contribution in [0.4, 0.5) is 0 Å². The van der Waals surface area contributed by atoms with Crippen LogP contribution < -0.4 is 0 Å². The van der Waals surface area contributed by atoms with Gasteiger partial charge in [0.1, 0.15) is 0 Å². The summed E-state index contributed by atoms with van der Waals surface area (Å²) in [6.45, 7) is 4.58. The highest BCUT2D eigenvalue weighted by molar-refractivity contribution is 6.18. The fourth-order valence-electron chi connectivity index (χ4n) is 2.83. The van der Waals surface area contributed by atoms with Gasteiger partial charge in [0.05, 0.1) is 6.42 Å². The number of hydrogen-bond acceptors (Lipinski definition) is 2. The van der Waals surface area contributed by atoms with Gasteiger partial charge in [0.2, 0.25) is 6.17 Å². The average Bonchev–Trinajstić information content (AvgIpc) is 2.97. The van der Waals surface area contributed by atoms with E-state index in [1.165, 1.54) is 70.6 Å². The predicted molar refractivity (Wildman–Crippen MR) is 90.5 cm³/mol. The molecule has 2 nitrogen and oxygen atoms in total. The van der Waals surface area contributed by atoms with Crippen molar-refractivity contribution >= 4 is 12.4 Å². The zero-order valence-corrected chi connectivity index (χ0v) is 13.6. The first-order valence-electron chi connectivity index (χ1n) is 8.79. The number of rotatable bonds is 13. The quantitative estimate of drug-likeness (QED) is 0.293. The normalized spacial score (nSPS) is 15.2. The second-order valence-electron chi connectivity index (χ2n) is 6.07. The first-order chi connectivity index (χ1) is 9.86. The van der Waals surface area contributed by atoms with Crippen LogP contribution in [-0.4, -0.2) is 12.4 Å². The van der Waals surface area contributed by atoms with E-state index in [9.17, 15) is 0 Å². The van der Waals surface area contributed by atoms with Crippen LogP contribution in [0.1, 0.15) is 90.9 Å². The summed E-state index contributed by atoms with van der Waals surface area (Å²) in [6, 6.07) is 0. The molecule has 1 aliphatic rings. The van der Waals surface area contributed by atoms with Crippen molar-refractivity contribution < 1.29 is 0 Å². The largest absolute Gasteiger partial charge is 0.240 e. The van der Waals surface area contributed by atoms with Crippen molar-refractivity contribution in [3.63, 3.8) is 0 Å². The molecule has 0 aromatic carbocycles. The van der Waals surface area contributed by atoms with E-state index in [0.29, 0.717) is 0 Å². The first-order valence-corrected chi connectivity index (χ1v) is 8.79. The maximum Gasteiger partial charge on any atom is 0.240 e. The maximum atomic E-state index is 4.29. The zero-order chi connectivity index (χ0) is 14.5. The summed E-state index contributed by atoms with van der Waals surface area (Å²) in [5.74, 6) is 0.780. The molecule has 0 N–H and O–H groups in total. The molecular formula is C18H33N2+. The van der Waals surface area contributed by atoms with Gasteiger partial charge >= 0.3 is 0 Å². The highest BCUT2D eigenvalue weighted by atomic mass is 15.0. The highest BCUT2D eigenvalue weighted by Crippen LogP contribution is 2.25. The molecule has 1 unspecified atom stereocenters. The topological polar surface area (TPSA) is 24.7 Å². The monoisotopic (exact) mass is 277 g/mol. The minimum Gasteiger partial charge on any atom is -0.0968 e. The highest BCUT2D eigenvalue weighted by Gasteiger charge is 2.20. The van der Waals surface area contributed by atoms with E-state index in [1.807, 2.05) is 0 Å². The van der Waals surface area contributed by atoms with Crippen molar-refractivity contribution in [3.8, 4) is 0 Å². The molecule has 0 radical (unpaired) electrons. The summed E-state index contributed by atoms with van der Waals surface area (Å²) in [7, 11) is 0. The molecule has 20 heavy (non-hydrogen) atoms. The molecule has 0 amide bonds. The van der Waals surface area contributed by atoms with Crippen LogP contribution in [0, 0.1) is 12.1 Å². The van der Waals surface area contributed by atoms with E-state index >= 15 is 0 Å². The Kier molecular flexibility index (Phi) is 10.3. The molecule has 0 aromatic heterocycles. The number of aliphatic imine (C=N–C) groups is 2. The third-order valence-electron chi connectivity index (χ3n) is 4.28. The predicted octanol–water partition coefficient (Wildman–Crippen LogP) is 5.97. The number of unbranched alkanes of at least 4 members (excludes halogenated alkanes) is 8. The second-order valence-corrected chi connectivity index (χ2v) is 6.07. The van der Waals surface area contributed by atoms with E-state index in [4.69, 9.17) is 0 Å². The molecule has 0 aliphatic carbocycles. The van der Waals surface area contributed by atoms with E-state index in [2.05, 4.69) is 23.8 Å². The SMILES string of the molecule is CCCCCCCCCCCC(CC)C[C+]1N=CC=N1. The molecule has 1 heterocycles. The van der Waals surface area contributed by atoms with Gasteiger partial charge < -0.3 is 0 Å². The lowest BCUT2D eigenvalue weighted by molar-refractivity contribution is 0.416. The van der Waals surface area contributed by atoms with Crippen LogP contribution in [0.3, 0.4) is 0 Å². The lowest BCUT2D eigenvalue weighted by Crippen LogP contribution is -2.03. The van der Waals surface area contributed by atoms with Crippen molar-refractivity contribution in [2.45, 2.75) is 90.9 Å². The third kappa shape index (κ3) is 8.39. The lowest BCUT2D eigenvalue weighted by Gasteiger charge is -2.12. The van der Waals surface area contributed by atoms with Crippen LogP contribution in [0.2, 0.25) is 0 Å². The van der Waals surface area contributed by atoms with Crippen LogP contribution in [0.15, 0.2) is 9.98 Å². The van der Waals surface area contributed by atoms with Crippen molar-refractivity contribution in [2.75, 3.05) is 0 Å². The van der Waals surface area contributed by atoms with Gasteiger partial charge in [0.15, 0.2) is 12.4 Å². The van der Waals surface area contributed by atoms with E-state index in [-0.39, 0.29) is 0 Å². The third-order valence-corrected chi connectivity index (χ3v) is 4.28. The van der Waals surface area contributed by atoms with Crippen LogP contribution in [-0.2, 0) is 0 Å². The van der Waals surface area contributed by atoms with Crippen LogP contribution in [0.5, 0.6) is 0 Å². The van der Waals surface area contributed by atoms with Crippen molar-refractivity contribution in [2.24, 2.45) is 15.9 Å². The van der Waals surface area contributed by atoms with E-state index in [0.717, 1.165) is 18.5 Å². The summed E-state index contributed by atoms with van der Waals surface area (Å²) in [4.78, 5) is 8.57. The Bertz CT molecular complexity index is 259. The molecule has 1 atom stereocenters. The Morgan fingerprint density at radius 2 is 1.35 bits per heavy atom. The van der Waals surface area contributed by atoms with Gasteiger partial charge in [-0.1, -0.05) is 88.0 Å². The molecule has 0 saturated heterocycles. The molecule has 0 bridgehead atoms. The fraction of sp³-hybridized carbons (Fsp3) is 0.833. The Morgan fingerprint density at radius 3 is 1.90 bits per heavy atom. The molecule has 114 valence electrons. The Morgan fingerprint density at radius 1 is 0.800 bits per heavy atom. The van der Waals surface area contributed by atoms with Crippen LogP contribution in [0.25, 0.3) is 0 Å². The van der Waals surface area contributed by atoms with Gasteiger partial charge in [-0.3, -0.25) is 0 Å². The summed E-state index contributed by atoms with van der Waals surface area (Å²) in [6.07, 6.45) is 21.1. The van der Waals surface area contributed by atoms with Gasteiger partial charge in [0, 0.05) is 0 Å². The van der Waals surface area contributed by atoms with E-state index in [1.54, 1.807) is 12.4 Å². The number of nitrogens with zero attached hydrogens (tertiary/aromatic N) is 2. The minimum absolute atomic E-state index is 0.780. The Labute approximate surface area is 126 Å². The molecule has 0 fully saturated rings. The van der Waals surface area contributed by atoms with Gasteiger partial charge in [-0.25, -0.2) is 0 Å². The van der Waals surface area contributed by atoms with Crippen LogP contribution >= 0.6 is 0 Å². The molecule has 2 heteroatoms. The molecule has 1 aliphatic heterocycles. The summed E-state index contributed by atoms with van der Waals surface area (Å²) >= 11 is 0. The Hall–Kier alpha value is -0.790. The fourth-order valence-corrected chi connectivity index (χ4v) is 2.83. The minimum atomic E-state index is 0.780. The summed E-state index contributed by atoms with van der Waals surface area (Å²) < 4.78 is 0. The van der Waals surface area contributed by atoms with Gasteiger partial charge in [0.25, 0.3) is 0 Å². The smallest absolute Gasteiger partial charge is 0.0968 e. The first kappa shape index (κ1) is 17.3. The standard InChI is InChI=1S/C18H33N2/c1-3-5-6-7-8-9-10-11-12-13-17(4-2)16-18-19-14-15-20-18/h14-15,17H,3-13,16H2,1-2H3/q+1. The average molecular weight is 277 g/mol. The lowest BCUT2D eigenvalue weighted by atomic mass is 9.93. The summed E-state index contributed by atoms with van der Waals surface area (Å²) in [5.41, 5.74) is 0. The number of hydrogen-bond donors (Lipinski definition) is 0. The van der Waals surface area contributed by atoms with E-state index < -0.39 is 0 Å². The summed E-state index contributed by atoms with van der Waals surface area (Å²) in [5, 5.41) is 0. The molecular weight excluding hydrogens is 244 g/mol. The van der Waals surface area contributed by atoms with Crippen molar-refractivity contribution in [3.05, 3.63) is 6.17 Å². The van der Waals surface area contributed by atoms with Gasteiger partial charge in [-0.2, -0.15) is 0 Å².